The second kappa shape index (κ2) is 3.89. The van der Waals surface area contributed by atoms with Crippen molar-refractivity contribution in [3.8, 4) is 11.1 Å². The zero-order valence-electron chi connectivity index (χ0n) is 9.62. The molecule has 0 spiro atoms. The van der Waals surface area contributed by atoms with Crippen LogP contribution in [-0.4, -0.2) is 0 Å². The van der Waals surface area contributed by atoms with Gasteiger partial charge in [0.05, 0.1) is 11.4 Å². The van der Waals surface area contributed by atoms with Gasteiger partial charge in [0.25, 0.3) is 0 Å². The van der Waals surface area contributed by atoms with E-state index in [0.717, 1.165) is 16.7 Å². The molecule has 16 heavy (non-hydrogen) atoms. The Morgan fingerprint density at radius 3 is 2.12 bits per heavy atom. The normalized spacial score (nSPS) is 10.4. The van der Waals surface area contributed by atoms with Gasteiger partial charge in [0.2, 0.25) is 0 Å². The van der Waals surface area contributed by atoms with Crippen LogP contribution in [0.4, 0.5) is 11.4 Å². The second-order valence-electron chi connectivity index (χ2n) is 4.06. The summed E-state index contributed by atoms with van der Waals surface area (Å²) < 4.78 is 0. The Kier molecular flexibility index (Phi) is 2.57. The highest BCUT2D eigenvalue weighted by Gasteiger charge is 2.09. The van der Waals surface area contributed by atoms with Gasteiger partial charge in [0.1, 0.15) is 0 Å². The number of nitrogens with two attached hydrogens (primary N) is 2. The average molecular weight is 212 g/mol. The van der Waals surface area contributed by atoms with E-state index in [-0.39, 0.29) is 0 Å². The maximum absolute atomic E-state index is 6.06. The third-order valence-electron chi connectivity index (χ3n) is 3.02. The van der Waals surface area contributed by atoms with Crippen molar-refractivity contribution in [2.24, 2.45) is 0 Å². The fourth-order valence-corrected chi connectivity index (χ4v) is 1.82. The van der Waals surface area contributed by atoms with Crippen LogP contribution in [0.2, 0.25) is 0 Å². The van der Waals surface area contributed by atoms with E-state index in [1.807, 2.05) is 37.3 Å². The van der Waals surface area contributed by atoms with Crippen LogP contribution in [-0.2, 0) is 0 Å². The van der Waals surface area contributed by atoms with Crippen LogP contribution >= 0.6 is 0 Å². The molecule has 4 N–H and O–H groups in total. The molecule has 0 aliphatic rings. The summed E-state index contributed by atoms with van der Waals surface area (Å²) in [6.07, 6.45) is 0. The van der Waals surface area contributed by atoms with Gasteiger partial charge in [-0.1, -0.05) is 30.3 Å². The summed E-state index contributed by atoms with van der Waals surface area (Å²) in [6.45, 7) is 4.05. The molecular weight excluding hydrogens is 196 g/mol. The Hall–Kier alpha value is -1.96. The number of hydrogen-bond donors (Lipinski definition) is 2. The maximum Gasteiger partial charge on any atom is 0.0630 e. The van der Waals surface area contributed by atoms with Crippen molar-refractivity contribution < 1.29 is 0 Å². The van der Waals surface area contributed by atoms with E-state index >= 15 is 0 Å². The van der Waals surface area contributed by atoms with Crippen LogP contribution in [0.25, 0.3) is 11.1 Å². The first kappa shape index (κ1) is 10.6. The molecule has 2 nitrogen and oxygen atoms in total. The Morgan fingerprint density at radius 1 is 0.875 bits per heavy atom. The fraction of sp³-hybridized carbons (Fsp3) is 0.143. The lowest BCUT2D eigenvalue weighted by Crippen LogP contribution is -2.01. The summed E-state index contributed by atoms with van der Waals surface area (Å²) in [4.78, 5) is 0. The Bertz CT molecular complexity index is 516. The van der Waals surface area contributed by atoms with Gasteiger partial charge >= 0.3 is 0 Å². The third kappa shape index (κ3) is 1.63. The van der Waals surface area contributed by atoms with Crippen molar-refractivity contribution in [1.29, 1.82) is 0 Å². The van der Waals surface area contributed by atoms with E-state index in [0.29, 0.717) is 11.4 Å². The van der Waals surface area contributed by atoms with Crippen LogP contribution < -0.4 is 11.5 Å². The van der Waals surface area contributed by atoms with Gasteiger partial charge < -0.3 is 11.5 Å². The van der Waals surface area contributed by atoms with Crippen molar-refractivity contribution in [2.75, 3.05) is 11.5 Å². The minimum atomic E-state index is 0.675. The summed E-state index contributed by atoms with van der Waals surface area (Å²) in [5.41, 5.74) is 17.8. The highest BCUT2D eigenvalue weighted by atomic mass is 14.7. The molecule has 0 aromatic heterocycles. The van der Waals surface area contributed by atoms with Gasteiger partial charge in [0, 0.05) is 5.56 Å². The topological polar surface area (TPSA) is 52.0 Å². The molecule has 0 fully saturated rings. The Labute approximate surface area is 95.9 Å². The van der Waals surface area contributed by atoms with Crippen LogP contribution in [0.3, 0.4) is 0 Å². The molecule has 0 aliphatic heterocycles. The van der Waals surface area contributed by atoms with E-state index in [9.17, 15) is 0 Å². The average Bonchev–Trinajstić information content (AvgIpc) is 2.32. The van der Waals surface area contributed by atoms with E-state index in [2.05, 4.69) is 13.0 Å². The summed E-state index contributed by atoms with van der Waals surface area (Å²) in [6, 6.07) is 12.2. The van der Waals surface area contributed by atoms with Gasteiger partial charge in [0.15, 0.2) is 0 Å². The molecule has 2 aromatic rings. The molecule has 0 radical (unpaired) electrons. The minimum absolute atomic E-state index is 0.675. The number of aryl methyl sites for hydroxylation is 1. The Balaban J connectivity index is 2.68. The van der Waals surface area contributed by atoms with Gasteiger partial charge in [-0.05, 0) is 36.6 Å². The lowest BCUT2D eigenvalue weighted by atomic mass is 9.97. The molecule has 0 atom stereocenters. The first-order valence-corrected chi connectivity index (χ1v) is 5.32. The molecule has 2 heteroatoms. The quantitative estimate of drug-likeness (QED) is 0.713. The SMILES string of the molecule is Cc1cc(-c2ccccc2)c(N)c(N)c1C. The van der Waals surface area contributed by atoms with Crippen LogP contribution in [0.1, 0.15) is 11.1 Å². The summed E-state index contributed by atoms with van der Waals surface area (Å²) in [5.74, 6) is 0. The number of hydrogen-bond acceptors (Lipinski definition) is 2. The standard InChI is InChI=1S/C14H16N2/c1-9-8-12(11-6-4-3-5-7-11)14(16)13(15)10(9)2/h3-8H,15-16H2,1-2H3. The predicted molar refractivity (Wildman–Crippen MR) is 70.2 cm³/mol. The first-order chi connectivity index (χ1) is 7.61. The fourth-order valence-electron chi connectivity index (χ4n) is 1.82. The Morgan fingerprint density at radius 2 is 1.50 bits per heavy atom. The summed E-state index contributed by atoms with van der Waals surface area (Å²) in [7, 11) is 0. The molecule has 0 amide bonds. The summed E-state index contributed by atoms with van der Waals surface area (Å²) >= 11 is 0. The molecule has 2 aromatic carbocycles. The van der Waals surface area contributed by atoms with Crippen LogP contribution in [0, 0.1) is 13.8 Å². The zero-order chi connectivity index (χ0) is 11.7. The highest BCUT2D eigenvalue weighted by molar-refractivity contribution is 5.86. The van der Waals surface area contributed by atoms with Gasteiger partial charge in [-0.2, -0.15) is 0 Å². The van der Waals surface area contributed by atoms with Crippen molar-refractivity contribution in [1.82, 2.24) is 0 Å². The van der Waals surface area contributed by atoms with Crippen molar-refractivity contribution in [3.05, 3.63) is 47.5 Å². The van der Waals surface area contributed by atoms with Gasteiger partial charge in [-0.3, -0.25) is 0 Å². The second-order valence-corrected chi connectivity index (χ2v) is 4.06. The molecule has 0 heterocycles. The van der Waals surface area contributed by atoms with Crippen molar-refractivity contribution in [3.63, 3.8) is 0 Å². The number of rotatable bonds is 1. The van der Waals surface area contributed by atoms with Crippen LogP contribution in [0.15, 0.2) is 36.4 Å². The lowest BCUT2D eigenvalue weighted by Gasteiger charge is -2.13. The minimum Gasteiger partial charge on any atom is -0.397 e. The van der Waals surface area contributed by atoms with Gasteiger partial charge in [-0.15, -0.1) is 0 Å². The van der Waals surface area contributed by atoms with E-state index in [1.54, 1.807) is 0 Å². The third-order valence-corrected chi connectivity index (χ3v) is 3.02. The predicted octanol–water partition coefficient (Wildman–Crippen LogP) is 3.13. The number of anilines is 2. The maximum atomic E-state index is 6.06. The van der Waals surface area contributed by atoms with Crippen molar-refractivity contribution >= 4 is 11.4 Å². The molecule has 0 saturated heterocycles. The molecular formula is C14H16N2. The zero-order valence-corrected chi connectivity index (χ0v) is 9.62. The van der Waals surface area contributed by atoms with Gasteiger partial charge in [-0.25, -0.2) is 0 Å². The molecule has 0 unspecified atom stereocenters. The molecule has 0 bridgehead atoms. The van der Waals surface area contributed by atoms with Crippen molar-refractivity contribution in [2.45, 2.75) is 13.8 Å². The lowest BCUT2D eigenvalue weighted by molar-refractivity contribution is 1.35. The monoisotopic (exact) mass is 212 g/mol. The largest absolute Gasteiger partial charge is 0.397 e. The smallest absolute Gasteiger partial charge is 0.0630 e. The van der Waals surface area contributed by atoms with E-state index < -0.39 is 0 Å². The van der Waals surface area contributed by atoms with Crippen LogP contribution in [0.5, 0.6) is 0 Å². The van der Waals surface area contributed by atoms with E-state index in [4.69, 9.17) is 11.5 Å². The summed E-state index contributed by atoms with van der Waals surface area (Å²) in [5, 5.41) is 0. The molecule has 82 valence electrons. The number of nitrogen functional groups attached to an aromatic ring is 2. The highest BCUT2D eigenvalue weighted by Crippen LogP contribution is 2.34. The number of benzene rings is 2. The first-order valence-electron chi connectivity index (χ1n) is 5.32. The van der Waals surface area contributed by atoms with E-state index in [1.165, 1.54) is 5.56 Å². The molecule has 0 aliphatic carbocycles. The molecule has 2 rings (SSSR count). The molecule has 0 saturated carbocycles.